The van der Waals surface area contributed by atoms with Crippen molar-refractivity contribution in [1.82, 2.24) is 5.32 Å². The average molecular weight is 236 g/mol. The van der Waals surface area contributed by atoms with E-state index in [4.69, 9.17) is 10.5 Å². The fourth-order valence-electron chi connectivity index (χ4n) is 1.82. The smallest absolute Gasteiger partial charge is 0.124 e. The van der Waals surface area contributed by atoms with Gasteiger partial charge in [0.1, 0.15) is 5.75 Å². The molecule has 1 atom stereocenters. The minimum atomic E-state index is 0.315. The molecule has 0 aliphatic heterocycles. The molecule has 0 heterocycles. The monoisotopic (exact) mass is 236 g/mol. The molecular formula is C14H24N2O. The molecule has 0 amide bonds. The second kappa shape index (κ2) is 8.09. The number of nitrogens with two attached hydrogens (primary N) is 1. The van der Waals surface area contributed by atoms with E-state index in [1.54, 1.807) is 0 Å². The second-order valence-electron chi connectivity index (χ2n) is 4.14. The van der Waals surface area contributed by atoms with E-state index in [1.807, 2.05) is 19.1 Å². The Balaban J connectivity index is 2.52. The molecule has 0 bridgehead atoms. The van der Waals surface area contributed by atoms with Crippen LogP contribution in [0.5, 0.6) is 5.75 Å². The first-order valence-electron chi connectivity index (χ1n) is 6.44. The summed E-state index contributed by atoms with van der Waals surface area (Å²) in [5.41, 5.74) is 6.70. The van der Waals surface area contributed by atoms with Crippen LogP contribution in [0.3, 0.4) is 0 Å². The van der Waals surface area contributed by atoms with E-state index in [9.17, 15) is 0 Å². The number of unbranched alkanes of at least 4 members (excludes halogenated alkanes) is 1. The van der Waals surface area contributed by atoms with Crippen molar-refractivity contribution in [1.29, 1.82) is 0 Å². The van der Waals surface area contributed by atoms with Crippen LogP contribution in [-0.4, -0.2) is 19.7 Å². The van der Waals surface area contributed by atoms with Gasteiger partial charge in [0.05, 0.1) is 6.61 Å². The van der Waals surface area contributed by atoms with E-state index in [0.29, 0.717) is 12.6 Å². The Kier molecular flexibility index (Phi) is 6.67. The maximum Gasteiger partial charge on any atom is 0.124 e. The molecule has 0 saturated heterocycles. The molecule has 0 aromatic heterocycles. The lowest BCUT2D eigenvalue weighted by Crippen LogP contribution is -2.21. The summed E-state index contributed by atoms with van der Waals surface area (Å²) in [7, 11) is 0. The molecule has 1 unspecified atom stereocenters. The van der Waals surface area contributed by atoms with E-state index in [0.717, 1.165) is 31.7 Å². The molecular weight excluding hydrogens is 212 g/mol. The summed E-state index contributed by atoms with van der Waals surface area (Å²) in [6.45, 7) is 6.65. The van der Waals surface area contributed by atoms with Crippen LogP contribution in [0.4, 0.5) is 0 Å². The van der Waals surface area contributed by atoms with Crippen LogP contribution in [-0.2, 0) is 0 Å². The zero-order chi connectivity index (χ0) is 12.5. The van der Waals surface area contributed by atoms with Gasteiger partial charge in [0.25, 0.3) is 0 Å². The van der Waals surface area contributed by atoms with Gasteiger partial charge in [-0.3, -0.25) is 0 Å². The molecule has 1 aromatic rings. The normalized spacial score (nSPS) is 12.4. The van der Waals surface area contributed by atoms with Gasteiger partial charge < -0.3 is 15.8 Å². The van der Waals surface area contributed by atoms with Crippen LogP contribution in [0.1, 0.15) is 38.3 Å². The molecule has 0 aliphatic carbocycles. The highest BCUT2D eigenvalue weighted by molar-refractivity contribution is 5.35. The Bertz CT molecular complexity index is 315. The quantitative estimate of drug-likeness (QED) is 0.682. The van der Waals surface area contributed by atoms with Crippen molar-refractivity contribution in [3.63, 3.8) is 0 Å². The van der Waals surface area contributed by atoms with Crippen molar-refractivity contribution in [2.45, 2.75) is 32.7 Å². The zero-order valence-electron chi connectivity index (χ0n) is 10.9. The summed E-state index contributed by atoms with van der Waals surface area (Å²) in [5, 5.41) is 3.50. The first-order chi connectivity index (χ1) is 8.29. The highest BCUT2D eigenvalue weighted by Gasteiger charge is 2.09. The number of ether oxygens (including phenoxy) is 1. The fourth-order valence-corrected chi connectivity index (χ4v) is 1.82. The molecule has 0 radical (unpaired) electrons. The summed E-state index contributed by atoms with van der Waals surface area (Å²) in [5.74, 6) is 0.980. The fraction of sp³-hybridized carbons (Fsp3) is 0.571. The van der Waals surface area contributed by atoms with Crippen molar-refractivity contribution in [2.24, 2.45) is 5.73 Å². The number of hydrogen-bond acceptors (Lipinski definition) is 3. The molecule has 1 rings (SSSR count). The van der Waals surface area contributed by atoms with Crippen molar-refractivity contribution in [2.75, 3.05) is 19.7 Å². The minimum Gasteiger partial charge on any atom is -0.494 e. The van der Waals surface area contributed by atoms with E-state index >= 15 is 0 Å². The molecule has 96 valence electrons. The summed E-state index contributed by atoms with van der Waals surface area (Å²) in [6.07, 6.45) is 2.20. The number of benzene rings is 1. The SMILES string of the molecule is CCOc1ccccc1C(C)NCCCCN. The Morgan fingerprint density at radius 1 is 1.29 bits per heavy atom. The van der Waals surface area contributed by atoms with Crippen molar-refractivity contribution < 1.29 is 4.74 Å². The lowest BCUT2D eigenvalue weighted by atomic mass is 10.1. The van der Waals surface area contributed by atoms with Gasteiger partial charge in [-0.05, 0) is 45.8 Å². The highest BCUT2D eigenvalue weighted by atomic mass is 16.5. The zero-order valence-corrected chi connectivity index (χ0v) is 10.9. The summed E-state index contributed by atoms with van der Waals surface area (Å²) in [4.78, 5) is 0. The van der Waals surface area contributed by atoms with Crippen LogP contribution in [0.2, 0.25) is 0 Å². The average Bonchev–Trinajstić information content (AvgIpc) is 2.35. The van der Waals surface area contributed by atoms with Crippen LogP contribution in [0.25, 0.3) is 0 Å². The lowest BCUT2D eigenvalue weighted by Gasteiger charge is -2.17. The molecule has 3 heteroatoms. The van der Waals surface area contributed by atoms with Crippen molar-refractivity contribution >= 4 is 0 Å². The Hall–Kier alpha value is -1.06. The maximum absolute atomic E-state index is 5.63. The maximum atomic E-state index is 5.63. The molecule has 3 nitrogen and oxygen atoms in total. The van der Waals surface area contributed by atoms with Crippen molar-refractivity contribution in [3.8, 4) is 5.75 Å². The Labute approximate surface area is 104 Å². The van der Waals surface area contributed by atoms with Crippen LogP contribution >= 0.6 is 0 Å². The summed E-state index contributed by atoms with van der Waals surface area (Å²) in [6, 6.07) is 8.52. The minimum absolute atomic E-state index is 0.315. The number of hydrogen-bond donors (Lipinski definition) is 2. The number of para-hydroxylation sites is 1. The molecule has 1 aromatic carbocycles. The van der Waals surface area contributed by atoms with Gasteiger partial charge in [-0.15, -0.1) is 0 Å². The van der Waals surface area contributed by atoms with Gasteiger partial charge in [0, 0.05) is 11.6 Å². The third-order valence-corrected chi connectivity index (χ3v) is 2.77. The van der Waals surface area contributed by atoms with Gasteiger partial charge in [-0.1, -0.05) is 18.2 Å². The molecule has 0 spiro atoms. The Morgan fingerprint density at radius 3 is 2.76 bits per heavy atom. The van der Waals surface area contributed by atoms with Crippen molar-refractivity contribution in [3.05, 3.63) is 29.8 Å². The van der Waals surface area contributed by atoms with E-state index in [2.05, 4.69) is 24.4 Å². The van der Waals surface area contributed by atoms with Crippen LogP contribution in [0, 0.1) is 0 Å². The summed E-state index contributed by atoms with van der Waals surface area (Å²) >= 11 is 0. The number of nitrogens with one attached hydrogen (secondary N) is 1. The number of rotatable bonds is 8. The van der Waals surface area contributed by atoms with E-state index in [1.165, 1.54) is 5.56 Å². The largest absolute Gasteiger partial charge is 0.494 e. The predicted molar refractivity (Wildman–Crippen MR) is 72.3 cm³/mol. The van der Waals surface area contributed by atoms with Gasteiger partial charge in [0.2, 0.25) is 0 Å². The second-order valence-corrected chi connectivity index (χ2v) is 4.14. The first-order valence-corrected chi connectivity index (χ1v) is 6.44. The van der Waals surface area contributed by atoms with E-state index in [-0.39, 0.29) is 0 Å². The summed E-state index contributed by atoms with van der Waals surface area (Å²) < 4.78 is 5.63. The van der Waals surface area contributed by atoms with Gasteiger partial charge in [-0.25, -0.2) is 0 Å². The molecule has 3 N–H and O–H groups in total. The first kappa shape index (κ1) is 14.0. The standard InChI is InChI=1S/C14H24N2O/c1-3-17-14-9-5-4-8-13(14)12(2)16-11-7-6-10-15/h4-5,8-9,12,16H,3,6-7,10-11,15H2,1-2H3. The predicted octanol–water partition coefficient (Wildman–Crippen LogP) is 2.47. The molecule has 0 fully saturated rings. The lowest BCUT2D eigenvalue weighted by molar-refractivity contribution is 0.332. The van der Waals surface area contributed by atoms with Gasteiger partial charge in [-0.2, -0.15) is 0 Å². The molecule has 17 heavy (non-hydrogen) atoms. The highest BCUT2D eigenvalue weighted by Crippen LogP contribution is 2.24. The third kappa shape index (κ3) is 4.75. The van der Waals surface area contributed by atoms with Gasteiger partial charge in [0.15, 0.2) is 0 Å². The molecule has 0 saturated carbocycles. The van der Waals surface area contributed by atoms with E-state index < -0.39 is 0 Å². The topological polar surface area (TPSA) is 47.3 Å². The van der Waals surface area contributed by atoms with Gasteiger partial charge >= 0.3 is 0 Å². The molecule has 0 aliphatic rings. The Morgan fingerprint density at radius 2 is 2.06 bits per heavy atom. The van der Waals surface area contributed by atoms with Crippen LogP contribution < -0.4 is 15.8 Å². The third-order valence-electron chi connectivity index (χ3n) is 2.77. The van der Waals surface area contributed by atoms with Crippen LogP contribution in [0.15, 0.2) is 24.3 Å².